The van der Waals surface area contributed by atoms with Crippen LogP contribution >= 0.6 is 0 Å². The predicted molar refractivity (Wildman–Crippen MR) is 83.8 cm³/mol. The van der Waals surface area contributed by atoms with Gasteiger partial charge in [-0.15, -0.1) is 0 Å². The molecule has 5 heteroatoms. The highest BCUT2D eigenvalue weighted by molar-refractivity contribution is 7.92. The summed E-state index contributed by atoms with van der Waals surface area (Å²) in [5.41, 5.74) is 2.81. The zero-order valence-corrected chi connectivity index (χ0v) is 13.1. The molecule has 0 aliphatic heterocycles. The maximum atomic E-state index is 12.4. The number of benzene rings is 2. The van der Waals surface area contributed by atoms with E-state index in [2.05, 4.69) is 4.72 Å². The minimum Gasteiger partial charge on any atom is -0.389 e. The van der Waals surface area contributed by atoms with E-state index in [0.29, 0.717) is 11.3 Å². The standard InChI is InChI=1S/C16H19NO3S/c1-11-4-5-12(2)16(10-11)21(19,20)17-15-8-6-14(7-9-15)13(3)18/h4-10,13,17-18H,1-3H3. The van der Waals surface area contributed by atoms with Crippen LogP contribution in [0.5, 0.6) is 0 Å². The van der Waals surface area contributed by atoms with Gasteiger partial charge in [-0.25, -0.2) is 8.42 Å². The number of aliphatic hydroxyl groups excluding tert-OH is 1. The number of anilines is 1. The predicted octanol–water partition coefficient (Wildman–Crippen LogP) is 3.16. The van der Waals surface area contributed by atoms with E-state index in [1.807, 2.05) is 13.0 Å². The van der Waals surface area contributed by atoms with Crippen molar-refractivity contribution in [2.45, 2.75) is 31.8 Å². The molecule has 0 spiro atoms. The maximum Gasteiger partial charge on any atom is 0.262 e. The first-order valence-electron chi connectivity index (χ1n) is 6.68. The van der Waals surface area contributed by atoms with Crippen molar-refractivity contribution in [2.75, 3.05) is 4.72 Å². The van der Waals surface area contributed by atoms with Crippen molar-refractivity contribution in [3.63, 3.8) is 0 Å². The van der Waals surface area contributed by atoms with E-state index in [1.54, 1.807) is 50.2 Å². The highest BCUT2D eigenvalue weighted by Gasteiger charge is 2.17. The van der Waals surface area contributed by atoms with Crippen molar-refractivity contribution >= 4 is 15.7 Å². The van der Waals surface area contributed by atoms with Crippen LogP contribution in [0.3, 0.4) is 0 Å². The molecule has 0 bridgehead atoms. The lowest BCUT2D eigenvalue weighted by molar-refractivity contribution is 0.199. The summed E-state index contributed by atoms with van der Waals surface area (Å²) in [5, 5.41) is 9.45. The van der Waals surface area contributed by atoms with Gasteiger partial charge >= 0.3 is 0 Å². The normalized spacial score (nSPS) is 13.0. The van der Waals surface area contributed by atoms with Crippen LogP contribution in [0.1, 0.15) is 29.7 Å². The summed E-state index contributed by atoms with van der Waals surface area (Å²) in [7, 11) is -3.61. The number of rotatable bonds is 4. The molecule has 0 aliphatic carbocycles. The van der Waals surface area contributed by atoms with Crippen molar-refractivity contribution in [1.29, 1.82) is 0 Å². The van der Waals surface area contributed by atoms with Gasteiger partial charge in [-0.05, 0) is 55.7 Å². The lowest BCUT2D eigenvalue weighted by Gasteiger charge is -2.12. The lowest BCUT2D eigenvalue weighted by atomic mass is 10.1. The van der Waals surface area contributed by atoms with Crippen molar-refractivity contribution in [1.82, 2.24) is 0 Å². The van der Waals surface area contributed by atoms with Crippen LogP contribution in [-0.4, -0.2) is 13.5 Å². The third kappa shape index (κ3) is 3.62. The summed E-state index contributed by atoms with van der Waals surface area (Å²) in [4.78, 5) is 0.280. The molecule has 2 rings (SSSR count). The van der Waals surface area contributed by atoms with Crippen molar-refractivity contribution in [3.05, 3.63) is 59.2 Å². The number of aliphatic hydroxyl groups is 1. The number of sulfonamides is 1. The van der Waals surface area contributed by atoms with Crippen LogP contribution in [0.25, 0.3) is 0 Å². The molecule has 2 aromatic rings. The van der Waals surface area contributed by atoms with Gasteiger partial charge in [-0.2, -0.15) is 0 Å². The summed E-state index contributed by atoms with van der Waals surface area (Å²) in [6, 6.07) is 12.0. The third-order valence-corrected chi connectivity index (χ3v) is 4.80. The summed E-state index contributed by atoms with van der Waals surface area (Å²) in [6.45, 7) is 5.29. The molecule has 1 unspecified atom stereocenters. The molecule has 0 amide bonds. The topological polar surface area (TPSA) is 66.4 Å². The van der Waals surface area contributed by atoms with Crippen LogP contribution in [0, 0.1) is 13.8 Å². The summed E-state index contributed by atoms with van der Waals surface area (Å²) in [6.07, 6.45) is -0.574. The number of nitrogens with one attached hydrogen (secondary N) is 1. The van der Waals surface area contributed by atoms with E-state index in [-0.39, 0.29) is 4.90 Å². The molecule has 0 heterocycles. The fraction of sp³-hybridized carbons (Fsp3) is 0.250. The van der Waals surface area contributed by atoms with E-state index in [0.717, 1.165) is 11.1 Å². The quantitative estimate of drug-likeness (QED) is 0.912. The second-order valence-electron chi connectivity index (χ2n) is 5.17. The Balaban J connectivity index is 2.31. The molecule has 0 saturated heterocycles. The van der Waals surface area contributed by atoms with Gasteiger partial charge in [0.25, 0.3) is 10.0 Å². The largest absolute Gasteiger partial charge is 0.389 e. The van der Waals surface area contributed by atoms with Gasteiger partial charge in [0.05, 0.1) is 11.0 Å². The SMILES string of the molecule is Cc1ccc(C)c(S(=O)(=O)Nc2ccc(C(C)O)cc2)c1. The average molecular weight is 305 g/mol. The smallest absolute Gasteiger partial charge is 0.262 e. The highest BCUT2D eigenvalue weighted by atomic mass is 32.2. The Morgan fingerprint density at radius 1 is 1.05 bits per heavy atom. The molecular formula is C16H19NO3S. The Morgan fingerprint density at radius 3 is 2.24 bits per heavy atom. The molecule has 4 nitrogen and oxygen atoms in total. The second kappa shape index (κ2) is 5.87. The first-order chi connectivity index (χ1) is 9.79. The minimum atomic E-state index is -3.61. The van der Waals surface area contributed by atoms with Gasteiger partial charge in [-0.1, -0.05) is 24.3 Å². The Kier molecular flexibility index (Phi) is 4.34. The van der Waals surface area contributed by atoms with Crippen LogP contribution in [0.2, 0.25) is 0 Å². The molecule has 112 valence electrons. The molecule has 0 saturated carbocycles. The fourth-order valence-corrected chi connectivity index (χ4v) is 3.43. The average Bonchev–Trinajstić information content (AvgIpc) is 2.41. The summed E-state index contributed by atoms with van der Waals surface area (Å²) in [5.74, 6) is 0. The van der Waals surface area contributed by atoms with Gasteiger partial charge in [-0.3, -0.25) is 4.72 Å². The molecule has 0 aliphatic rings. The van der Waals surface area contributed by atoms with Gasteiger partial charge < -0.3 is 5.11 Å². The molecule has 2 aromatic carbocycles. The Morgan fingerprint density at radius 2 is 1.67 bits per heavy atom. The molecule has 0 radical (unpaired) electrons. The van der Waals surface area contributed by atoms with Crippen LogP contribution < -0.4 is 4.72 Å². The first kappa shape index (κ1) is 15.5. The van der Waals surface area contributed by atoms with Gasteiger partial charge in [0, 0.05) is 5.69 Å². The van der Waals surface area contributed by atoms with E-state index in [9.17, 15) is 13.5 Å². The third-order valence-electron chi connectivity index (χ3n) is 3.28. The molecule has 0 aromatic heterocycles. The van der Waals surface area contributed by atoms with Gasteiger partial charge in [0.1, 0.15) is 0 Å². The first-order valence-corrected chi connectivity index (χ1v) is 8.16. The molecule has 2 N–H and O–H groups in total. The number of aryl methyl sites for hydroxylation is 2. The zero-order chi connectivity index (χ0) is 15.6. The van der Waals surface area contributed by atoms with Crippen molar-refractivity contribution in [3.8, 4) is 0 Å². The Labute approximate surface area is 125 Å². The fourth-order valence-electron chi connectivity index (χ4n) is 2.04. The van der Waals surface area contributed by atoms with E-state index in [1.165, 1.54) is 0 Å². The van der Waals surface area contributed by atoms with Gasteiger partial charge in [0.2, 0.25) is 0 Å². The maximum absolute atomic E-state index is 12.4. The number of hydrogen-bond donors (Lipinski definition) is 2. The molecule has 1 atom stereocenters. The van der Waals surface area contributed by atoms with Crippen molar-refractivity contribution in [2.24, 2.45) is 0 Å². The van der Waals surface area contributed by atoms with E-state index < -0.39 is 16.1 Å². The van der Waals surface area contributed by atoms with Crippen molar-refractivity contribution < 1.29 is 13.5 Å². The van der Waals surface area contributed by atoms with E-state index >= 15 is 0 Å². The monoisotopic (exact) mass is 305 g/mol. The van der Waals surface area contributed by atoms with Crippen LogP contribution in [0.4, 0.5) is 5.69 Å². The van der Waals surface area contributed by atoms with E-state index in [4.69, 9.17) is 0 Å². The zero-order valence-electron chi connectivity index (χ0n) is 12.3. The van der Waals surface area contributed by atoms with Gasteiger partial charge in [0.15, 0.2) is 0 Å². The van der Waals surface area contributed by atoms with Crippen LogP contribution in [-0.2, 0) is 10.0 Å². The summed E-state index contributed by atoms with van der Waals surface area (Å²) >= 11 is 0. The summed E-state index contributed by atoms with van der Waals surface area (Å²) < 4.78 is 27.4. The van der Waals surface area contributed by atoms with Crippen LogP contribution in [0.15, 0.2) is 47.4 Å². The minimum absolute atomic E-state index is 0.280. The molecule has 21 heavy (non-hydrogen) atoms. The highest BCUT2D eigenvalue weighted by Crippen LogP contribution is 2.22. The Bertz CT molecular complexity index is 735. The Hall–Kier alpha value is -1.85. The molecular weight excluding hydrogens is 286 g/mol. The molecule has 0 fully saturated rings. The number of hydrogen-bond acceptors (Lipinski definition) is 3. The second-order valence-corrected chi connectivity index (χ2v) is 6.82. The lowest BCUT2D eigenvalue weighted by Crippen LogP contribution is -2.14.